The van der Waals surface area contributed by atoms with Crippen LogP contribution in [0.2, 0.25) is 0 Å². The van der Waals surface area contributed by atoms with Crippen molar-refractivity contribution in [3.8, 4) is 0 Å². The quantitative estimate of drug-likeness (QED) is 0.904. The number of aryl methyl sites for hydroxylation is 1. The number of nitrogens with zero attached hydrogens (tertiary/aromatic N) is 2. The normalized spacial score (nSPS) is 29.9. The van der Waals surface area contributed by atoms with Gasteiger partial charge in [0, 0.05) is 22.9 Å². The Labute approximate surface area is 116 Å². The van der Waals surface area contributed by atoms with Gasteiger partial charge in [0.1, 0.15) is 5.01 Å². The van der Waals surface area contributed by atoms with E-state index >= 15 is 0 Å². The highest BCUT2D eigenvalue weighted by Crippen LogP contribution is 2.31. The molecule has 2 unspecified atom stereocenters. The van der Waals surface area contributed by atoms with Gasteiger partial charge < -0.3 is 5.32 Å². The van der Waals surface area contributed by atoms with Crippen molar-refractivity contribution in [1.29, 1.82) is 0 Å². The molecule has 2 atom stereocenters. The van der Waals surface area contributed by atoms with Gasteiger partial charge >= 0.3 is 0 Å². The van der Waals surface area contributed by atoms with Gasteiger partial charge in [-0.25, -0.2) is 4.98 Å². The number of thiazole rings is 1. The summed E-state index contributed by atoms with van der Waals surface area (Å²) in [6.45, 7) is 2.76. The zero-order valence-electron chi connectivity index (χ0n) is 10.7. The zero-order chi connectivity index (χ0) is 12.4. The van der Waals surface area contributed by atoms with Crippen molar-refractivity contribution in [3.05, 3.63) is 16.1 Å². The maximum atomic E-state index is 4.67. The highest BCUT2D eigenvalue weighted by atomic mass is 32.2. The molecule has 0 bridgehead atoms. The number of amidine groups is 1. The molecule has 0 amide bonds. The fourth-order valence-corrected chi connectivity index (χ4v) is 4.55. The summed E-state index contributed by atoms with van der Waals surface area (Å²) < 4.78 is 0. The minimum absolute atomic E-state index is 0.678. The lowest BCUT2D eigenvalue weighted by molar-refractivity contribution is 0.311. The maximum absolute atomic E-state index is 4.67. The van der Waals surface area contributed by atoms with Crippen LogP contribution in [-0.2, 0) is 6.54 Å². The van der Waals surface area contributed by atoms with Crippen LogP contribution in [0.1, 0.15) is 36.4 Å². The van der Waals surface area contributed by atoms with Crippen LogP contribution >= 0.6 is 23.1 Å². The van der Waals surface area contributed by atoms with Crippen molar-refractivity contribution < 1.29 is 0 Å². The molecule has 2 aliphatic rings. The Morgan fingerprint density at radius 2 is 2.33 bits per heavy atom. The summed E-state index contributed by atoms with van der Waals surface area (Å²) in [5.41, 5.74) is 1.10. The van der Waals surface area contributed by atoms with E-state index in [1.807, 2.05) is 18.7 Å². The molecule has 0 aromatic carbocycles. The van der Waals surface area contributed by atoms with Crippen molar-refractivity contribution >= 4 is 28.3 Å². The number of fused-ring (bicyclic) bond motifs is 1. The van der Waals surface area contributed by atoms with E-state index in [0.717, 1.165) is 28.3 Å². The average Bonchev–Trinajstić information content (AvgIpc) is 2.82. The third-order valence-electron chi connectivity index (χ3n) is 3.68. The second kappa shape index (κ2) is 5.61. The molecule has 1 aliphatic carbocycles. The van der Waals surface area contributed by atoms with Crippen LogP contribution < -0.4 is 5.32 Å². The van der Waals surface area contributed by atoms with Crippen LogP contribution in [-0.4, -0.2) is 21.9 Å². The molecule has 2 heterocycles. The van der Waals surface area contributed by atoms with Crippen molar-refractivity contribution in [2.75, 3.05) is 5.75 Å². The highest BCUT2D eigenvalue weighted by Gasteiger charge is 2.30. The highest BCUT2D eigenvalue weighted by molar-refractivity contribution is 8.13. The number of thioether (sulfide) groups is 1. The first-order valence-electron chi connectivity index (χ1n) is 6.66. The first kappa shape index (κ1) is 12.5. The summed E-state index contributed by atoms with van der Waals surface area (Å²) in [5, 5.41) is 7.96. The molecule has 1 aliphatic heterocycles. The summed E-state index contributed by atoms with van der Waals surface area (Å²) in [6.07, 6.45) is 5.50. The van der Waals surface area contributed by atoms with Crippen LogP contribution in [0, 0.1) is 12.8 Å². The lowest BCUT2D eigenvalue weighted by Gasteiger charge is -2.36. The number of hydrogen-bond acceptors (Lipinski definition) is 4. The molecule has 1 aromatic heterocycles. The number of aliphatic imine (C=N–C) groups is 1. The van der Waals surface area contributed by atoms with Crippen LogP contribution in [0.15, 0.2) is 10.4 Å². The van der Waals surface area contributed by atoms with Crippen molar-refractivity contribution in [2.45, 2.75) is 45.2 Å². The van der Waals surface area contributed by atoms with E-state index in [-0.39, 0.29) is 0 Å². The molecule has 3 rings (SSSR count). The van der Waals surface area contributed by atoms with Gasteiger partial charge in [-0.05, 0) is 25.7 Å². The topological polar surface area (TPSA) is 37.3 Å². The van der Waals surface area contributed by atoms with E-state index in [4.69, 9.17) is 0 Å². The molecule has 2 fully saturated rings. The van der Waals surface area contributed by atoms with Gasteiger partial charge in [-0.3, -0.25) is 4.99 Å². The SMILES string of the molecule is Cc1csc(CN=C2NC3CCCCC3CS2)n1. The Balaban J connectivity index is 1.59. The van der Waals surface area contributed by atoms with Gasteiger partial charge in [0.05, 0.1) is 6.54 Å². The first-order valence-corrected chi connectivity index (χ1v) is 8.52. The second-order valence-electron chi connectivity index (χ2n) is 5.11. The van der Waals surface area contributed by atoms with Gasteiger partial charge in [-0.15, -0.1) is 11.3 Å². The van der Waals surface area contributed by atoms with Crippen LogP contribution in [0.5, 0.6) is 0 Å². The summed E-state index contributed by atoms with van der Waals surface area (Å²) in [4.78, 5) is 9.13. The molecule has 5 heteroatoms. The van der Waals surface area contributed by atoms with Gasteiger partial charge in [0.2, 0.25) is 0 Å². The first-order chi connectivity index (χ1) is 8.81. The molecular formula is C13H19N3S2. The lowest BCUT2D eigenvalue weighted by Crippen LogP contribution is -2.46. The van der Waals surface area contributed by atoms with Crippen molar-refractivity contribution in [1.82, 2.24) is 10.3 Å². The third kappa shape index (κ3) is 2.88. The standard InChI is InChI=1S/C13H19N3S2/c1-9-7-17-12(15-9)6-14-13-16-11-5-3-2-4-10(11)8-18-13/h7,10-11H,2-6,8H2,1H3,(H,14,16). The predicted octanol–water partition coefficient (Wildman–Crippen LogP) is 3.20. The Bertz CT molecular complexity index is 441. The van der Waals surface area contributed by atoms with E-state index in [1.54, 1.807) is 11.3 Å². The second-order valence-corrected chi connectivity index (χ2v) is 7.06. The Morgan fingerprint density at radius 1 is 1.44 bits per heavy atom. The number of nitrogens with one attached hydrogen (secondary N) is 1. The minimum Gasteiger partial charge on any atom is -0.362 e. The molecule has 1 N–H and O–H groups in total. The van der Waals surface area contributed by atoms with Gasteiger partial charge in [0.15, 0.2) is 5.17 Å². The van der Waals surface area contributed by atoms with Crippen LogP contribution in [0.4, 0.5) is 0 Å². The number of hydrogen-bond donors (Lipinski definition) is 1. The van der Waals surface area contributed by atoms with Gasteiger partial charge in [-0.1, -0.05) is 24.6 Å². The molecule has 0 radical (unpaired) electrons. The van der Waals surface area contributed by atoms with E-state index < -0.39 is 0 Å². The van der Waals surface area contributed by atoms with E-state index in [9.17, 15) is 0 Å². The van der Waals surface area contributed by atoms with Crippen molar-refractivity contribution in [3.63, 3.8) is 0 Å². The zero-order valence-corrected chi connectivity index (χ0v) is 12.3. The Kier molecular flexibility index (Phi) is 3.89. The number of aromatic nitrogens is 1. The molecular weight excluding hydrogens is 262 g/mol. The summed E-state index contributed by atoms with van der Waals surface area (Å²) >= 11 is 3.60. The van der Waals surface area contributed by atoms with Gasteiger partial charge in [0.25, 0.3) is 0 Å². The Morgan fingerprint density at radius 3 is 3.17 bits per heavy atom. The third-order valence-corrected chi connectivity index (χ3v) is 5.74. The molecule has 1 saturated heterocycles. The van der Waals surface area contributed by atoms with Crippen LogP contribution in [0.25, 0.3) is 0 Å². The van der Waals surface area contributed by atoms with E-state index in [2.05, 4.69) is 20.7 Å². The molecule has 1 aromatic rings. The fourth-order valence-electron chi connectivity index (χ4n) is 2.69. The fraction of sp³-hybridized carbons (Fsp3) is 0.692. The smallest absolute Gasteiger partial charge is 0.157 e. The summed E-state index contributed by atoms with van der Waals surface area (Å²) in [5.74, 6) is 2.11. The van der Waals surface area contributed by atoms with Crippen LogP contribution in [0.3, 0.4) is 0 Å². The predicted molar refractivity (Wildman–Crippen MR) is 79.3 cm³/mol. The molecule has 18 heavy (non-hydrogen) atoms. The van der Waals surface area contributed by atoms with Crippen molar-refractivity contribution in [2.24, 2.45) is 10.9 Å². The minimum atomic E-state index is 0.678. The van der Waals surface area contributed by atoms with Gasteiger partial charge in [-0.2, -0.15) is 0 Å². The summed E-state index contributed by atoms with van der Waals surface area (Å²) in [6, 6.07) is 0.678. The molecule has 98 valence electrons. The molecule has 3 nitrogen and oxygen atoms in total. The summed E-state index contributed by atoms with van der Waals surface area (Å²) in [7, 11) is 0. The lowest BCUT2D eigenvalue weighted by atomic mass is 9.86. The average molecular weight is 281 g/mol. The molecule has 0 spiro atoms. The molecule has 1 saturated carbocycles. The van der Waals surface area contributed by atoms with E-state index in [1.165, 1.54) is 31.4 Å². The monoisotopic (exact) mass is 281 g/mol. The Hall–Kier alpha value is -0.550. The maximum Gasteiger partial charge on any atom is 0.157 e. The number of rotatable bonds is 2. The van der Waals surface area contributed by atoms with E-state index in [0.29, 0.717) is 6.04 Å². The largest absolute Gasteiger partial charge is 0.362 e.